The molecule has 0 spiro atoms. The maximum Gasteiger partial charge on any atom is 0.472 e. The summed E-state index contributed by atoms with van der Waals surface area (Å²) in [6.45, 7) is 1.89. The van der Waals surface area contributed by atoms with Gasteiger partial charge in [0.25, 0.3) is 0 Å². The molecule has 0 aliphatic rings. The van der Waals surface area contributed by atoms with E-state index in [2.05, 4.69) is 92.8 Å². The highest BCUT2D eigenvalue weighted by Crippen LogP contribution is 2.43. The summed E-state index contributed by atoms with van der Waals surface area (Å²) in [6, 6.07) is 0. The van der Waals surface area contributed by atoms with Gasteiger partial charge in [-0.25, -0.2) is 4.57 Å². The molecule has 0 rings (SSSR count). The van der Waals surface area contributed by atoms with Crippen LogP contribution in [0.5, 0.6) is 0 Å². The molecule has 0 aromatic heterocycles. The van der Waals surface area contributed by atoms with Crippen LogP contribution in [0.15, 0.2) is 97.2 Å². The van der Waals surface area contributed by atoms with Gasteiger partial charge in [0, 0.05) is 12.8 Å². The maximum atomic E-state index is 12.3. The smallest absolute Gasteiger partial charge is 0.457 e. The Morgan fingerprint density at radius 3 is 1.35 bits per heavy atom. The fourth-order valence-corrected chi connectivity index (χ4v) is 5.49. The molecule has 3 unspecified atom stereocenters. The SMILES string of the molecule is CC/C=C\C/C=C\C/C=C\C/C=C\C/C=C\C/C=C\CCC(=O)OC(CO)COP(=O)(O)OCC(CO)OC(=O)CCCCCCC/C=C\C/C=C\CCC. The lowest BCUT2D eigenvalue weighted by Gasteiger charge is -2.20. The molecule has 3 atom stereocenters. The van der Waals surface area contributed by atoms with E-state index in [0.717, 1.165) is 83.5 Å². The van der Waals surface area contributed by atoms with Crippen molar-refractivity contribution in [2.24, 2.45) is 0 Å². The summed E-state index contributed by atoms with van der Waals surface area (Å²) in [4.78, 5) is 34.4. The van der Waals surface area contributed by atoms with Crippen LogP contribution < -0.4 is 0 Å². The molecule has 0 heterocycles. The van der Waals surface area contributed by atoms with Gasteiger partial charge in [-0.3, -0.25) is 18.6 Å². The van der Waals surface area contributed by atoms with Crippen LogP contribution in [0.2, 0.25) is 0 Å². The van der Waals surface area contributed by atoms with E-state index < -0.39 is 58.4 Å². The Kier molecular flexibility index (Phi) is 36.9. The highest BCUT2D eigenvalue weighted by molar-refractivity contribution is 7.47. The van der Waals surface area contributed by atoms with Gasteiger partial charge in [0.2, 0.25) is 0 Å². The summed E-state index contributed by atoms with van der Waals surface area (Å²) in [5.41, 5.74) is 0. The van der Waals surface area contributed by atoms with Gasteiger partial charge in [0.1, 0.15) is 12.2 Å². The number of rotatable bonds is 36. The highest BCUT2D eigenvalue weighted by Gasteiger charge is 2.27. The normalized spacial score (nSPS) is 14.9. The Morgan fingerprint density at radius 2 is 0.891 bits per heavy atom. The van der Waals surface area contributed by atoms with Gasteiger partial charge in [0.15, 0.2) is 0 Å². The Morgan fingerprint density at radius 1 is 0.509 bits per heavy atom. The summed E-state index contributed by atoms with van der Waals surface area (Å²) in [5.74, 6) is -1.13. The quantitative estimate of drug-likeness (QED) is 0.0242. The van der Waals surface area contributed by atoms with E-state index >= 15 is 0 Å². The number of hydrogen-bond donors (Lipinski definition) is 3. The lowest BCUT2D eigenvalue weighted by Crippen LogP contribution is -2.28. The van der Waals surface area contributed by atoms with Crippen molar-refractivity contribution < 1.29 is 47.8 Å². The third-order valence-corrected chi connectivity index (χ3v) is 8.73. The minimum Gasteiger partial charge on any atom is -0.457 e. The van der Waals surface area contributed by atoms with Crippen molar-refractivity contribution in [1.29, 1.82) is 0 Å². The molecule has 0 amide bonds. The first-order valence-corrected chi connectivity index (χ1v) is 21.7. The summed E-state index contributed by atoms with van der Waals surface area (Å²) < 4.78 is 32.4. The lowest BCUT2D eigenvalue weighted by atomic mass is 10.1. The molecule has 312 valence electrons. The van der Waals surface area contributed by atoms with E-state index in [1.807, 2.05) is 18.2 Å². The minimum absolute atomic E-state index is 0.0601. The Hall–Kier alpha value is -3.11. The molecule has 0 saturated carbocycles. The standard InChI is InChI=1S/C44H71O10P/c1-3-5-7-9-11-13-15-17-18-19-20-21-22-24-26-28-30-32-34-36-44(48)54-42(38-46)40-52-55(49,50)51-39-41(37-45)53-43(47)35-33-31-29-27-25-23-16-14-12-10-8-6-4-2/h5,7-8,10-11,13-14,16-18,20-21,24,26,30,32,41-42,45-46H,3-4,6,9,12,15,19,22-23,25,27-29,31,33-40H2,1-2H3,(H,49,50)/b7-5-,10-8-,13-11-,16-14-,18-17-,21-20-,26-24-,32-30-. The van der Waals surface area contributed by atoms with Crippen LogP contribution in [0.1, 0.15) is 129 Å². The minimum atomic E-state index is -4.66. The first-order valence-electron chi connectivity index (χ1n) is 20.2. The second-order valence-corrected chi connectivity index (χ2v) is 14.3. The van der Waals surface area contributed by atoms with Crippen LogP contribution in [0.3, 0.4) is 0 Å². The zero-order valence-corrected chi connectivity index (χ0v) is 34.5. The molecule has 3 N–H and O–H groups in total. The van der Waals surface area contributed by atoms with Gasteiger partial charge >= 0.3 is 19.8 Å². The monoisotopic (exact) mass is 790 g/mol. The Labute approximate surface area is 332 Å². The van der Waals surface area contributed by atoms with Crippen molar-refractivity contribution in [3.05, 3.63) is 97.2 Å². The van der Waals surface area contributed by atoms with E-state index in [0.29, 0.717) is 12.8 Å². The molecule has 0 aromatic rings. The number of allylic oxidation sites excluding steroid dienone is 16. The van der Waals surface area contributed by atoms with Crippen LogP contribution in [0.25, 0.3) is 0 Å². The van der Waals surface area contributed by atoms with Crippen LogP contribution in [-0.2, 0) is 32.7 Å². The molecule has 55 heavy (non-hydrogen) atoms. The maximum absolute atomic E-state index is 12.3. The number of carbonyl (C=O) groups is 2. The predicted molar refractivity (Wildman–Crippen MR) is 223 cm³/mol. The predicted octanol–water partition coefficient (Wildman–Crippen LogP) is 10.4. The van der Waals surface area contributed by atoms with Crippen molar-refractivity contribution in [1.82, 2.24) is 0 Å². The van der Waals surface area contributed by atoms with Crippen LogP contribution in [-0.4, -0.2) is 65.7 Å². The molecule has 0 aliphatic heterocycles. The first kappa shape index (κ1) is 51.9. The number of unbranched alkanes of at least 4 members (excludes halogenated alkanes) is 6. The van der Waals surface area contributed by atoms with Crippen LogP contribution in [0, 0.1) is 0 Å². The molecule has 10 nitrogen and oxygen atoms in total. The van der Waals surface area contributed by atoms with Gasteiger partial charge in [-0.15, -0.1) is 0 Å². The van der Waals surface area contributed by atoms with Crippen LogP contribution in [0.4, 0.5) is 0 Å². The summed E-state index contributed by atoms with van der Waals surface area (Å²) in [7, 11) is -4.66. The number of phosphoric acid groups is 1. The molecular weight excluding hydrogens is 719 g/mol. The first-order chi connectivity index (χ1) is 26.8. The number of aliphatic hydroxyl groups excluding tert-OH is 2. The van der Waals surface area contributed by atoms with Crippen molar-refractivity contribution in [3.8, 4) is 0 Å². The molecule has 0 aromatic carbocycles. The fraction of sp³-hybridized carbons (Fsp3) is 0.591. The average Bonchev–Trinajstić information content (AvgIpc) is 3.17. The number of hydrogen-bond acceptors (Lipinski definition) is 9. The molecule has 0 saturated heterocycles. The third-order valence-electron chi connectivity index (χ3n) is 7.77. The van der Waals surface area contributed by atoms with E-state index in [-0.39, 0.29) is 12.8 Å². The summed E-state index contributed by atoms with van der Waals surface area (Å²) in [6.07, 6.45) is 46.8. The molecule has 0 bridgehead atoms. The van der Waals surface area contributed by atoms with Gasteiger partial charge in [-0.1, -0.05) is 137 Å². The zero-order valence-electron chi connectivity index (χ0n) is 33.6. The van der Waals surface area contributed by atoms with Crippen molar-refractivity contribution in [3.63, 3.8) is 0 Å². The number of aliphatic hydroxyl groups is 2. The van der Waals surface area contributed by atoms with E-state index in [4.69, 9.17) is 18.5 Å². The van der Waals surface area contributed by atoms with Crippen LogP contribution >= 0.6 is 7.82 Å². The van der Waals surface area contributed by atoms with Crippen molar-refractivity contribution >= 4 is 19.8 Å². The second kappa shape index (κ2) is 39.1. The molecule has 11 heteroatoms. The average molecular weight is 791 g/mol. The van der Waals surface area contributed by atoms with Gasteiger partial charge in [-0.2, -0.15) is 0 Å². The topological polar surface area (TPSA) is 149 Å². The number of carbonyl (C=O) groups excluding carboxylic acids is 2. The second-order valence-electron chi connectivity index (χ2n) is 12.9. The fourth-order valence-electron chi connectivity index (χ4n) is 4.71. The third kappa shape index (κ3) is 37.6. The Bertz CT molecular complexity index is 1230. The summed E-state index contributed by atoms with van der Waals surface area (Å²) in [5, 5.41) is 19.1. The Balaban J connectivity index is 4.11. The van der Waals surface area contributed by atoms with Crippen molar-refractivity contribution in [2.45, 2.75) is 142 Å². The molecule has 0 aliphatic carbocycles. The zero-order chi connectivity index (χ0) is 40.5. The number of ether oxygens (including phenoxy) is 2. The lowest BCUT2D eigenvalue weighted by molar-refractivity contribution is -0.153. The summed E-state index contributed by atoms with van der Waals surface area (Å²) >= 11 is 0. The highest BCUT2D eigenvalue weighted by atomic mass is 31.2. The van der Waals surface area contributed by atoms with Gasteiger partial charge in [-0.05, 0) is 77.0 Å². The van der Waals surface area contributed by atoms with Crippen molar-refractivity contribution in [2.75, 3.05) is 26.4 Å². The largest absolute Gasteiger partial charge is 0.472 e. The molecule has 0 radical (unpaired) electrons. The van der Waals surface area contributed by atoms with E-state index in [1.165, 1.54) is 6.42 Å². The van der Waals surface area contributed by atoms with Gasteiger partial charge < -0.3 is 24.6 Å². The van der Waals surface area contributed by atoms with E-state index in [9.17, 15) is 29.3 Å². The van der Waals surface area contributed by atoms with Gasteiger partial charge in [0.05, 0.1) is 26.4 Å². The van der Waals surface area contributed by atoms with E-state index in [1.54, 1.807) is 0 Å². The molecular formula is C44H71O10P. The molecule has 0 fully saturated rings. The number of phosphoric ester groups is 1. The number of esters is 2.